The number of likely N-dealkylation sites (tertiary alicyclic amines) is 1. The van der Waals surface area contributed by atoms with Gasteiger partial charge < -0.3 is 15.0 Å². The number of ether oxygens (including phenoxy) is 1. The number of methoxy groups -OCH3 is 1. The van der Waals surface area contributed by atoms with Crippen molar-refractivity contribution in [2.75, 3.05) is 25.5 Å². The zero-order valence-corrected chi connectivity index (χ0v) is 15.7. The number of rotatable bonds is 5. The lowest BCUT2D eigenvalue weighted by Gasteiger charge is -2.27. The van der Waals surface area contributed by atoms with Crippen molar-refractivity contribution in [3.63, 3.8) is 0 Å². The van der Waals surface area contributed by atoms with Crippen LogP contribution >= 0.6 is 0 Å². The third-order valence-corrected chi connectivity index (χ3v) is 4.67. The Hall–Kier alpha value is -3.43. The fourth-order valence-electron chi connectivity index (χ4n) is 3.20. The van der Waals surface area contributed by atoms with Gasteiger partial charge in [-0.1, -0.05) is 0 Å². The van der Waals surface area contributed by atoms with Crippen LogP contribution in [0.3, 0.4) is 0 Å². The van der Waals surface area contributed by atoms with Crippen LogP contribution in [0, 0.1) is 10.1 Å². The van der Waals surface area contributed by atoms with Crippen LogP contribution in [-0.4, -0.2) is 51.6 Å². The fourth-order valence-corrected chi connectivity index (χ4v) is 3.20. The molecule has 2 aromatic rings. The smallest absolute Gasteiger partial charge is 0.311 e. The number of piperidine rings is 1. The number of aromatic nitrogens is 2. The second-order valence-electron chi connectivity index (χ2n) is 6.48. The monoisotopic (exact) mass is 387 g/mol. The fraction of sp³-hybridized carbons (Fsp3) is 0.389. The predicted molar refractivity (Wildman–Crippen MR) is 101 cm³/mol. The lowest BCUT2D eigenvalue weighted by atomic mass is 10.1. The number of hydrogen-bond donors (Lipinski definition) is 1. The highest BCUT2D eigenvalue weighted by molar-refractivity contribution is 6.08. The van der Waals surface area contributed by atoms with E-state index in [9.17, 15) is 19.7 Å². The van der Waals surface area contributed by atoms with Crippen LogP contribution in [0.1, 0.15) is 40.1 Å². The van der Waals surface area contributed by atoms with Gasteiger partial charge in [0.2, 0.25) is 0 Å². The summed E-state index contributed by atoms with van der Waals surface area (Å²) in [4.78, 5) is 37.8. The van der Waals surface area contributed by atoms with Gasteiger partial charge in [0.15, 0.2) is 5.75 Å². The Morgan fingerprint density at radius 2 is 1.96 bits per heavy atom. The first kappa shape index (κ1) is 19.3. The van der Waals surface area contributed by atoms with Crippen molar-refractivity contribution in [2.24, 2.45) is 7.05 Å². The molecule has 1 aliphatic rings. The second-order valence-corrected chi connectivity index (χ2v) is 6.48. The first-order valence-electron chi connectivity index (χ1n) is 8.87. The summed E-state index contributed by atoms with van der Waals surface area (Å²) in [6.07, 6.45) is 4.38. The topological polar surface area (TPSA) is 120 Å². The molecule has 148 valence electrons. The van der Waals surface area contributed by atoms with Crippen LogP contribution < -0.4 is 10.1 Å². The third kappa shape index (κ3) is 3.80. The zero-order valence-electron chi connectivity index (χ0n) is 15.7. The van der Waals surface area contributed by atoms with E-state index in [1.54, 1.807) is 11.9 Å². The minimum Gasteiger partial charge on any atom is -0.490 e. The number of carbonyl (C=O) groups excluding carboxylic acids is 2. The van der Waals surface area contributed by atoms with E-state index in [0.717, 1.165) is 25.3 Å². The SMILES string of the molecule is COc1ccc(C(=O)Nc2cnn(C)c2C(=O)N2CCCCC2)cc1[N+](=O)[O-]. The van der Waals surface area contributed by atoms with Gasteiger partial charge in [0.05, 0.1) is 23.9 Å². The summed E-state index contributed by atoms with van der Waals surface area (Å²) >= 11 is 0. The van der Waals surface area contributed by atoms with Crippen molar-refractivity contribution in [3.05, 3.63) is 45.8 Å². The summed E-state index contributed by atoms with van der Waals surface area (Å²) in [7, 11) is 2.95. The van der Waals surface area contributed by atoms with Crippen LogP contribution in [-0.2, 0) is 7.05 Å². The van der Waals surface area contributed by atoms with Gasteiger partial charge in [0.25, 0.3) is 11.8 Å². The van der Waals surface area contributed by atoms with Crippen LogP contribution in [0.5, 0.6) is 5.75 Å². The lowest BCUT2D eigenvalue weighted by molar-refractivity contribution is -0.385. The summed E-state index contributed by atoms with van der Waals surface area (Å²) < 4.78 is 6.36. The van der Waals surface area contributed by atoms with Crippen molar-refractivity contribution >= 4 is 23.2 Å². The number of nitro groups is 1. The molecule has 0 atom stereocenters. The molecule has 1 aromatic carbocycles. The Morgan fingerprint density at radius 3 is 2.61 bits per heavy atom. The normalized spacial score (nSPS) is 13.9. The summed E-state index contributed by atoms with van der Waals surface area (Å²) in [6.45, 7) is 1.34. The van der Waals surface area contributed by atoms with E-state index in [2.05, 4.69) is 10.4 Å². The van der Waals surface area contributed by atoms with Gasteiger partial charge in [-0.3, -0.25) is 24.4 Å². The van der Waals surface area contributed by atoms with E-state index in [4.69, 9.17) is 4.74 Å². The molecule has 1 saturated heterocycles. The molecule has 3 rings (SSSR count). The third-order valence-electron chi connectivity index (χ3n) is 4.67. The van der Waals surface area contributed by atoms with E-state index in [1.165, 1.54) is 30.1 Å². The van der Waals surface area contributed by atoms with Crippen molar-refractivity contribution in [1.29, 1.82) is 0 Å². The van der Waals surface area contributed by atoms with Gasteiger partial charge in [-0.05, 0) is 31.4 Å². The molecule has 1 N–H and O–H groups in total. The number of nitrogens with one attached hydrogen (secondary N) is 1. The molecule has 2 amide bonds. The van der Waals surface area contributed by atoms with Gasteiger partial charge in [-0.15, -0.1) is 0 Å². The second kappa shape index (κ2) is 8.07. The Bertz CT molecular complexity index is 917. The Balaban J connectivity index is 1.84. The van der Waals surface area contributed by atoms with E-state index < -0.39 is 10.8 Å². The molecule has 0 saturated carbocycles. The van der Waals surface area contributed by atoms with Gasteiger partial charge in [0, 0.05) is 31.8 Å². The molecule has 0 aliphatic carbocycles. The van der Waals surface area contributed by atoms with Gasteiger partial charge >= 0.3 is 5.69 Å². The Morgan fingerprint density at radius 1 is 1.25 bits per heavy atom. The molecule has 28 heavy (non-hydrogen) atoms. The maximum atomic E-state index is 12.9. The van der Waals surface area contributed by atoms with Crippen LogP contribution in [0.15, 0.2) is 24.4 Å². The number of hydrogen-bond acceptors (Lipinski definition) is 6. The molecule has 0 unspecified atom stereocenters. The number of nitrogens with zero attached hydrogens (tertiary/aromatic N) is 4. The number of nitro benzene ring substituents is 1. The van der Waals surface area contributed by atoms with Crippen molar-refractivity contribution in [1.82, 2.24) is 14.7 Å². The number of aryl methyl sites for hydroxylation is 1. The van der Waals surface area contributed by atoms with Crippen LogP contribution in [0.25, 0.3) is 0 Å². The van der Waals surface area contributed by atoms with E-state index in [-0.39, 0.29) is 34.3 Å². The molecule has 1 aliphatic heterocycles. The highest BCUT2D eigenvalue weighted by Crippen LogP contribution is 2.28. The van der Waals surface area contributed by atoms with Crippen LogP contribution in [0.2, 0.25) is 0 Å². The maximum absolute atomic E-state index is 12.9. The van der Waals surface area contributed by atoms with Crippen molar-refractivity contribution in [3.8, 4) is 5.75 Å². The number of benzene rings is 1. The zero-order chi connectivity index (χ0) is 20.3. The quantitative estimate of drug-likeness (QED) is 0.620. The summed E-state index contributed by atoms with van der Waals surface area (Å²) in [5, 5.41) is 17.9. The lowest BCUT2D eigenvalue weighted by Crippen LogP contribution is -2.37. The predicted octanol–water partition coefficient (Wildman–Crippen LogP) is 2.22. The van der Waals surface area contributed by atoms with Gasteiger partial charge in [-0.25, -0.2) is 0 Å². The average molecular weight is 387 g/mol. The molecule has 1 fully saturated rings. The van der Waals surface area contributed by atoms with Crippen molar-refractivity contribution < 1.29 is 19.2 Å². The molecule has 10 nitrogen and oxygen atoms in total. The minimum atomic E-state index is -0.620. The summed E-state index contributed by atoms with van der Waals surface area (Å²) in [6, 6.07) is 3.91. The van der Waals surface area contributed by atoms with Gasteiger partial charge in [0.1, 0.15) is 5.69 Å². The number of amides is 2. The molecule has 2 heterocycles. The first-order chi connectivity index (χ1) is 13.4. The molecular weight excluding hydrogens is 366 g/mol. The van der Waals surface area contributed by atoms with E-state index in [1.807, 2.05) is 0 Å². The Kier molecular flexibility index (Phi) is 5.57. The number of carbonyl (C=O) groups is 2. The van der Waals surface area contributed by atoms with Gasteiger partial charge in [-0.2, -0.15) is 5.10 Å². The largest absolute Gasteiger partial charge is 0.490 e. The van der Waals surface area contributed by atoms with E-state index >= 15 is 0 Å². The highest BCUT2D eigenvalue weighted by atomic mass is 16.6. The number of anilines is 1. The molecule has 0 spiro atoms. The molecule has 1 aromatic heterocycles. The minimum absolute atomic E-state index is 0.0592. The highest BCUT2D eigenvalue weighted by Gasteiger charge is 2.26. The summed E-state index contributed by atoms with van der Waals surface area (Å²) in [5.74, 6) is -0.717. The summed E-state index contributed by atoms with van der Waals surface area (Å²) in [5.41, 5.74) is 0.304. The Labute approximate surface area is 161 Å². The first-order valence-corrected chi connectivity index (χ1v) is 8.87. The van der Waals surface area contributed by atoms with Crippen molar-refractivity contribution in [2.45, 2.75) is 19.3 Å². The maximum Gasteiger partial charge on any atom is 0.311 e. The molecular formula is C18H21N5O5. The molecule has 10 heteroatoms. The average Bonchev–Trinajstić information content (AvgIpc) is 3.07. The standard InChI is InChI=1S/C18H21N5O5/c1-21-16(18(25)22-8-4-3-5-9-22)13(11-19-21)20-17(24)12-6-7-15(28-2)14(10-12)23(26)27/h6-7,10-11H,3-5,8-9H2,1-2H3,(H,20,24). The van der Waals surface area contributed by atoms with Crippen LogP contribution in [0.4, 0.5) is 11.4 Å². The van der Waals surface area contributed by atoms with E-state index in [0.29, 0.717) is 13.1 Å². The molecule has 0 bridgehead atoms. The molecule has 0 radical (unpaired) electrons.